The van der Waals surface area contributed by atoms with Crippen molar-refractivity contribution in [2.24, 2.45) is 0 Å². The van der Waals surface area contributed by atoms with Crippen molar-refractivity contribution in [2.75, 3.05) is 11.8 Å². The fraction of sp³-hybridized carbons (Fsp3) is 0.100. The number of nitrogens with one attached hydrogen (secondary N) is 2. The topological polar surface area (TPSA) is 84.0 Å². The summed E-state index contributed by atoms with van der Waals surface area (Å²) in [5.74, 6) is 0.293. The summed E-state index contributed by atoms with van der Waals surface area (Å²) in [5.41, 5.74) is 1.07. The standard InChI is InChI=1S/C20H16Cl2N4O2S2/c21-15-5-1-13(2-6-15)18(27)24-11-29-17-9-10-23-20(26-17)30-12-25-19(28)14-3-7-16(22)8-4-14/h1-10H,11-12H2,(H,24,27)(H,25,28). The quantitative estimate of drug-likeness (QED) is 0.210. The number of rotatable bonds is 8. The second-order valence-electron chi connectivity index (χ2n) is 5.78. The van der Waals surface area contributed by atoms with Crippen LogP contribution in [-0.2, 0) is 0 Å². The summed E-state index contributed by atoms with van der Waals surface area (Å²) in [6, 6.07) is 15.1. The van der Waals surface area contributed by atoms with E-state index in [0.29, 0.717) is 43.1 Å². The van der Waals surface area contributed by atoms with Gasteiger partial charge in [0.2, 0.25) is 0 Å². The van der Waals surface area contributed by atoms with Crippen LogP contribution in [-0.4, -0.2) is 33.5 Å². The van der Waals surface area contributed by atoms with Crippen LogP contribution in [0.3, 0.4) is 0 Å². The summed E-state index contributed by atoms with van der Waals surface area (Å²) < 4.78 is 0. The Morgan fingerprint density at radius 2 is 1.27 bits per heavy atom. The molecule has 0 aliphatic heterocycles. The van der Waals surface area contributed by atoms with E-state index in [1.807, 2.05) is 0 Å². The third-order valence-corrected chi connectivity index (χ3v) is 5.77. The van der Waals surface area contributed by atoms with Gasteiger partial charge < -0.3 is 10.6 Å². The van der Waals surface area contributed by atoms with Crippen LogP contribution in [0.2, 0.25) is 10.0 Å². The smallest absolute Gasteiger partial charge is 0.251 e. The first-order valence-electron chi connectivity index (χ1n) is 8.67. The average molecular weight is 479 g/mol. The van der Waals surface area contributed by atoms with E-state index in [4.69, 9.17) is 23.2 Å². The van der Waals surface area contributed by atoms with Crippen molar-refractivity contribution in [3.05, 3.63) is 82.0 Å². The maximum Gasteiger partial charge on any atom is 0.251 e. The Labute approximate surface area is 192 Å². The number of benzene rings is 2. The molecule has 0 saturated heterocycles. The van der Waals surface area contributed by atoms with Crippen molar-refractivity contribution in [3.8, 4) is 0 Å². The largest absolute Gasteiger partial charge is 0.343 e. The predicted octanol–water partition coefficient (Wildman–Crippen LogP) is 4.74. The van der Waals surface area contributed by atoms with Gasteiger partial charge in [-0.3, -0.25) is 9.59 Å². The lowest BCUT2D eigenvalue weighted by atomic mass is 10.2. The van der Waals surface area contributed by atoms with Gasteiger partial charge in [0.25, 0.3) is 11.8 Å². The van der Waals surface area contributed by atoms with Crippen molar-refractivity contribution in [3.63, 3.8) is 0 Å². The number of carbonyl (C=O) groups is 2. The molecule has 0 radical (unpaired) electrons. The molecule has 0 spiro atoms. The lowest BCUT2D eigenvalue weighted by molar-refractivity contribution is 0.0953. The summed E-state index contributed by atoms with van der Waals surface area (Å²) >= 11 is 14.3. The van der Waals surface area contributed by atoms with Gasteiger partial charge in [-0.1, -0.05) is 46.7 Å². The van der Waals surface area contributed by atoms with E-state index in [1.54, 1.807) is 60.8 Å². The second kappa shape index (κ2) is 11.2. The van der Waals surface area contributed by atoms with E-state index in [0.717, 1.165) is 0 Å². The van der Waals surface area contributed by atoms with Crippen LogP contribution in [0, 0.1) is 0 Å². The molecular weight excluding hydrogens is 463 g/mol. The zero-order valence-electron chi connectivity index (χ0n) is 15.5. The Bertz CT molecular complexity index is 939. The zero-order chi connectivity index (χ0) is 21.3. The summed E-state index contributed by atoms with van der Waals surface area (Å²) in [5, 5.41) is 8.01. The highest BCUT2D eigenvalue weighted by Crippen LogP contribution is 2.18. The van der Waals surface area contributed by atoms with Crippen molar-refractivity contribution in [1.82, 2.24) is 20.6 Å². The van der Waals surface area contributed by atoms with Gasteiger partial charge in [0.15, 0.2) is 5.16 Å². The molecule has 154 valence electrons. The van der Waals surface area contributed by atoms with E-state index >= 15 is 0 Å². The van der Waals surface area contributed by atoms with Gasteiger partial charge >= 0.3 is 0 Å². The molecular formula is C20H16Cl2N4O2S2. The molecule has 3 aromatic rings. The number of hydrogen-bond donors (Lipinski definition) is 2. The minimum absolute atomic E-state index is 0.187. The molecule has 0 aliphatic carbocycles. The molecule has 0 fully saturated rings. The summed E-state index contributed by atoms with van der Waals surface area (Å²) in [6.07, 6.45) is 1.64. The molecule has 2 amide bonds. The van der Waals surface area contributed by atoms with Crippen molar-refractivity contribution >= 4 is 58.5 Å². The third kappa shape index (κ3) is 6.91. The molecule has 2 aromatic carbocycles. The maximum absolute atomic E-state index is 12.1. The third-order valence-electron chi connectivity index (χ3n) is 3.71. The number of thioether (sulfide) groups is 2. The van der Waals surface area contributed by atoms with E-state index in [9.17, 15) is 9.59 Å². The number of carbonyl (C=O) groups excluding carboxylic acids is 2. The number of halogens is 2. The van der Waals surface area contributed by atoms with Crippen LogP contribution in [0.1, 0.15) is 20.7 Å². The van der Waals surface area contributed by atoms with Crippen LogP contribution in [0.4, 0.5) is 0 Å². The van der Waals surface area contributed by atoms with E-state index in [-0.39, 0.29) is 11.8 Å². The van der Waals surface area contributed by atoms with Crippen LogP contribution in [0.15, 0.2) is 71.0 Å². The molecule has 0 aliphatic rings. The fourth-order valence-electron chi connectivity index (χ4n) is 2.22. The summed E-state index contributed by atoms with van der Waals surface area (Å²) in [6.45, 7) is 0. The molecule has 30 heavy (non-hydrogen) atoms. The van der Waals surface area contributed by atoms with Crippen LogP contribution < -0.4 is 10.6 Å². The molecule has 3 rings (SSSR count). The molecule has 0 atom stereocenters. The van der Waals surface area contributed by atoms with Gasteiger partial charge in [-0.05, 0) is 54.6 Å². The number of nitrogens with zero attached hydrogens (tertiary/aromatic N) is 2. The molecule has 0 bridgehead atoms. The lowest BCUT2D eigenvalue weighted by Crippen LogP contribution is -2.23. The lowest BCUT2D eigenvalue weighted by Gasteiger charge is -2.07. The highest BCUT2D eigenvalue weighted by molar-refractivity contribution is 7.99. The highest BCUT2D eigenvalue weighted by Gasteiger charge is 2.08. The van der Waals surface area contributed by atoms with Gasteiger partial charge in [0, 0.05) is 27.4 Å². The van der Waals surface area contributed by atoms with E-state index in [2.05, 4.69) is 20.6 Å². The van der Waals surface area contributed by atoms with Gasteiger partial charge in [-0.15, -0.1) is 0 Å². The Balaban J connectivity index is 1.44. The molecule has 6 nitrogen and oxygen atoms in total. The van der Waals surface area contributed by atoms with E-state index in [1.165, 1.54) is 23.5 Å². The number of aromatic nitrogens is 2. The first kappa shape index (κ1) is 22.4. The van der Waals surface area contributed by atoms with Crippen LogP contribution in [0.25, 0.3) is 0 Å². The molecule has 0 unspecified atom stereocenters. The monoisotopic (exact) mass is 478 g/mol. The van der Waals surface area contributed by atoms with Crippen molar-refractivity contribution < 1.29 is 9.59 Å². The number of hydrogen-bond acceptors (Lipinski definition) is 6. The van der Waals surface area contributed by atoms with E-state index < -0.39 is 0 Å². The van der Waals surface area contributed by atoms with Crippen molar-refractivity contribution in [2.45, 2.75) is 10.2 Å². The van der Waals surface area contributed by atoms with Crippen LogP contribution in [0.5, 0.6) is 0 Å². The molecule has 2 N–H and O–H groups in total. The maximum atomic E-state index is 12.1. The molecule has 0 saturated carbocycles. The van der Waals surface area contributed by atoms with Gasteiger partial charge in [0.05, 0.1) is 11.8 Å². The Morgan fingerprint density at radius 3 is 1.80 bits per heavy atom. The van der Waals surface area contributed by atoms with Gasteiger partial charge in [0.1, 0.15) is 5.03 Å². The van der Waals surface area contributed by atoms with Gasteiger partial charge in [-0.25, -0.2) is 9.97 Å². The first-order valence-corrected chi connectivity index (χ1v) is 11.4. The Morgan fingerprint density at radius 1 is 0.767 bits per heavy atom. The highest BCUT2D eigenvalue weighted by atomic mass is 35.5. The molecule has 1 heterocycles. The van der Waals surface area contributed by atoms with Crippen molar-refractivity contribution in [1.29, 1.82) is 0 Å². The average Bonchev–Trinajstić information content (AvgIpc) is 2.75. The summed E-state index contributed by atoms with van der Waals surface area (Å²) in [4.78, 5) is 32.8. The fourth-order valence-corrected chi connectivity index (χ4v) is 3.82. The first-order chi connectivity index (χ1) is 14.5. The second-order valence-corrected chi connectivity index (χ2v) is 8.59. The Hall–Kier alpha value is -2.26. The normalized spacial score (nSPS) is 10.5. The zero-order valence-corrected chi connectivity index (χ0v) is 18.6. The predicted molar refractivity (Wildman–Crippen MR) is 121 cm³/mol. The minimum atomic E-state index is -0.199. The molecule has 10 heteroatoms. The minimum Gasteiger partial charge on any atom is -0.343 e. The summed E-state index contributed by atoms with van der Waals surface area (Å²) in [7, 11) is 0. The molecule has 1 aromatic heterocycles. The SMILES string of the molecule is O=C(NCSc1ccnc(SCNC(=O)c2ccc(Cl)cc2)n1)c1ccc(Cl)cc1. The van der Waals surface area contributed by atoms with Gasteiger partial charge in [-0.2, -0.15) is 0 Å². The number of amides is 2. The van der Waals surface area contributed by atoms with Crippen LogP contribution >= 0.6 is 46.7 Å². The Kier molecular flexibility index (Phi) is 8.39.